The van der Waals surface area contributed by atoms with Crippen LogP contribution in [0.5, 0.6) is 0 Å². The van der Waals surface area contributed by atoms with Gasteiger partial charge in [0.15, 0.2) is 0 Å². The lowest BCUT2D eigenvalue weighted by molar-refractivity contribution is 0.556. The van der Waals surface area contributed by atoms with Crippen LogP contribution in [0.15, 0.2) is 47.4 Å². The number of hydrogen-bond donors (Lipinski definition) is 0. The quantitative estimate of drug-likeness (QED) is 0.737. The van der Waals surface area contributed by atoms with E-state index in [2.05, 4.69) is 56.3 Å². The summed E-state index contributed by atoms with van der Waals surface area (Å²) in [5.41, 5.74) is 4.88. The molecule has 20 heavy (non-hydrogen) atoms. The lowest BCUT2D eigenvalue weighted by Gasteiger charge is -2.23. The summed E-state index contributed by atoms with van der Waals surface area (Å²) < 4.78 is 0. The van der Waals surface area contributed by atoms with Crippen molar-refractivity contribution in [1.82, 2.24) is 0 Å². The van der Waals surface area contributed by atoms with Gasteiger partial charge in [-0.05, 0) is 40.8 Å². The summed E-state index contributed by atoms with van der Waals surface area (Å²) >= 11 is 1.88. The molecule has 1 nitrogen and oxygen atoms in total. The van der Waals surface area contributed by atoms with E-state index in [1.165, 1.54) is 21.6 Å². The lowest BCUT2D eigenvalue weighted by atomic mass is 9.80. The minimum Gasteiger partial charge on any atom is -0.192 e. The Kier molecular flexibility index (Phi) is 3.54. The van der Waals surface area contributed by atoms with Gasteiger partial charge < -0.3 is 0 Å². The van der Waals surface area contributed by atoms with Gasteiger partial charge in [-0.1, -0.05) is 38.1 Å². The van der Waals surface area contributed by atoms with Gasteiger partial charge in [-0.25, -0.2) is 0 Å². The summed E-state index contributed by atoms with van der Waals surface area (Å²) in [6.07, 6.45) is 0. The summed E-state index contributed by atoms with van der Waals surface area (Å²) in [6, 6.07) is 17.1. The normalized spacial score (nSPS) is 17.0. The predicted octanol–water partition coefficient (Wildman–Crippen LogP) is 4.95. The van der Waals surface area contributed by atoms with Crippen molar-refractivity contribution >= 4 is 11.8 Å². The van der Waals surface area contributed by atoms with Gasteiger partial charge in [-0.3, -0.25) is 0 Å². The molecular formula is C18H17NS. The number of thioether (sulfide) groups is 1. The van der Waals surface area contributed by atoms with Gasteiger partial charge in [-0.2, -0.15) is 5.26 Å². The molecule has 1 unspecified atom stereocenters. The second kappa shape index (κ2) is 5.34. The smallest absolute Gasteiger partial charge is 0.0991 e. The van der Waals surface area contributed by atoms with Crippen LogP contribution in [0.1, 0.15) is 42.0 Å². The van der Waals surface area contributed by atoms with E-state index in [9.17, 15) is 0 Å². The third-order valence-corrected chi connectivity index (χ3v) is 5.05. The standard InChI is InChI=1S/C18H17NS/c1-12(2)18-15-8-7-13(10-19)9-14(15)11-20-17-6-4-3-5-16(17)18/h3-9,12,18H,11H2,1-2H3. The van der Waals surface area contributed by atoms with E-state index in [0.29, 0.717) is 11.8 Å². The molecule has 0 saturated heterocycles. The van der Waals surface area contributed by atoms with E-state index in [0.717, 1.165) is 11.3 Å². The van der Waals surface area contributed by atoms with Crippen LogP contribution in [-0.2, 0) is 5.75 Å². The molecule has 3 rings (SSSR count). The number of nitrogens with zero attached hydrogens (tertiary/aromatic N) is 1. The largest absolute Gasteiger partial charge is 0.192 e. The van der Waals surface area contributed by atoms with Crippen LogP contribution in [0.3, 0.4) is 0 Å². The van der Waals surface area contributed by atoms with Gasteiger partial charge in [0.2, 0.25) is 0 Å². The Morgan fingerprint density at radius 1 is 1.15 bits per heavy atom. The average molecular weight is 279 g/mol. The number of benzene rings is 2. The van der Waals surface area contributed by atoms with Gasteiger partial charge in [0.25, 0.3) is 0 Å². The molecular weight excluding hydrogens is 262 g/mol. The maximum absolute atomic E-state index is 9.10. The molecule has 0 fully saturated rings. The first-order valence-corrected chi connectivity index (χ1v) is 7.94. The SMILES string of the molecule is CC(C)C1c2ccc(C#N)cc2CSc2ccccc21. The minimum absolute atomic E-state index is 0.420. The van der Waals surface area contributed by atoms with Gasteiger partial charge >= 0.3 is 0 Å². The number of hydrogen-bond acceptors (Lipinski definition) is 2. The molecule has 0 N–H and O–H groups in total. The summed E-state index contributed by atoms with van der Waals surface area (Å²) in [6.45, 7) is 4.55. The molecule has 2 aromatic carbocycles. The molecule has 1 aliphatic heterocycles. The molecule has 1 heterocycles. The summed E-state index contributed by atoms with van der Waals surface area (Å²) in [5, 5.41) is 9.10. The van der Waals surface area contributed by atoms with Crippen LogP contribution >= 0.6 is 11.8 Å². The number of fused-ring (bicyclic) bond motifs is 2. The van der Waals surface area contributed by atoms with E-state index in [4.69, 9.17) is 5.26 Å². The molecule has 0 spiro atoms. The first-order chi connectivity index (χ1) is 9.70. The van der Waals surface area contributed by atoms with Crippen LogP contribution < -0.4 is 0 Å². The van der Waals surface area contributed by atoms with Gasteiger partial charge in [0.05, 0.1) is 11.6 Å². The Labute approximate surface area is 124 Å². The van der Waals surface area contributed by atoms with Crippen molar-refractivity contribution < 1.29 is 0 Å². The van der Waals surface area contributed by atoms with Crippen LogP contribution in [0.2, 0.25) is 0 Å². The molecule has 0 saturated carbocycles. The van der Waals surface area contributed by atoms with E-state index >= 15 is 0 Å². The third kappa shape index (κ3) is 2.23. The third-order valence-electron chi connectivity index (χ3n) is 3.91. The summed E-state index contributed by atoms with van der Waals surface area (Å²) in [7, 11) is 0. The molecule has 0 radical (unpaired) electrons. The Morgan fingerprint density at radius 3 is 2.70 bits per heavy atom. The minimum atomic E-state index is 0.420. The van der Waals surface area contributed by atoms with Crippen LogP contribution in [0.4, 0.5) is 0 Å². The van der Waals surface area contributed by atoms with Gasteiger partial charge in [0.1, 0.15) is 0 Å². The highest BCUT2D eigenvalue weighted by Gasteiger charge is 2.26. The first kappa shape index (κ1) is 13.3. The van der Waals surface area contributed by atoms with Crippen molar-refractivity contribution in [1.29, 1.82) is 5.26 Å². The molecule has 0 amide bonds. The van der Waals surface area contributed by atoms with E-state index in [1.807, 2.05) is 17.8 Å². The molecule has 2 aromatic rings. The highest BCUT2D eigenvalue weighted by Crippen LogP contribution is 2.43. The maximum atomic E-state index is 9.10. The Morgan fingerprint density at radius 2 is 1.95 bits per heavy atom. The molecule has 2 heteroatoms. The fourth-order valence-corrected chi connectivity index (χ4v) is 4.11. The molecule has 100 valence electrons. The van der Waals surface area contributed by atoms with Crippen molar-refractivity contribution in [3.63, 3.8) is 0 Å². The number of rotatable bonds is 1. The van der Waals surface area contributed by atoms with Crippen molar-refractivity contribution in [2.45, 2.75) is 30.4 Å². The monoisotopic (exact) mass is 279 g/mol. The zero-order valence-corrected chi connectivity index (χ0v) is 12.6. The zero-order chi connectivity index (χ0) is 14.1. The van der Waals surface area contributed by atoms with Gasteiger partial charge in [0, 0.05) is 16.6 Å². The van der Waals surface area contributed by atoms with Crippen LogP contribution in [-0.4, -0.2) is 0 Å². The highest BCUT2D eigenvalue weighted by molar-refractivity contribution is 7.98. The van der Waals surface area contributed by atoms with E-state index in [1.54, 1.807) is 0 Å². The fraction of sp³-hybridized carbons (Fsp3) is 0.278. The van der Waals surface area contributed by atoms with Crippen molar-refractivity contribution in [3.8, 4) is 6.07 Å². The molecule has 0 aromatic heterocycles. The molecule has 1 atom stereocenters. The molecule has 0 aliphatic carbocycles. The van der Waals surface area contributed by atoms with Crippen LogP contribution in [0.25, 0.3) is 0 Å². The van der Waals surface area contributed by atoms with Gasteiger partial charge in [-0.15, -0.1) is 11.8 Å². The Hall–Kier alpha value is -1.72. The van der Waals surface area contributed by atoms with Crippen LogP contribution in [0, 0.1) is 17.2 Å². The molecule has 0 bridgehead atoms. The average Bonchev–Trinajstić information content (AvgIpc) is 2.63. The Balaban J connectivity index is 2.20. The Bertz CT molecular complexity index is 682. The molecule has 1 aliphatic rings. The predicted molar refractivity (Wildman–Crippen MR) is 83.8 cm³/mol. The van der Waals surface area contributed by atoms with E-state index in [-0.39, 0.29) is 0 Å². The number of nitriles is 1. The first-order valence-electron chi connectivity index (χ1n) is 6.95. The zero-order valence-electron chi connectivity index (χ0n) is 11.8. The topological polar surface area (TPSA) is 23.8 Å². The second-order valence-electron chi connectivity index (χ2n) is 5.57. The summed E-state index contributed by atoms with van der Waals surface area (Å²) in [4.78, 5) is 1.38. The van der Waals surface area contributed by atoms with Crippen molar-refractivity contribution in [3.05, 3.63) is 64.7 Å². The second-order valence-corrected chi connectivity index (χ2v) is 6.59. The lowest BCUT2D eigenvalue weighted by Crippen LogP contribution is -2.10. The van der Waals surface area contributed by atoms with Crippen molar-refractivity contribution in [2.24, 2.45) is 5.92 Å². The summed E-state index contributed by atoms with van der Waals surface area (Å²) in [5.74, 6) is 1.91. The maximum Gasteiger partial charge on any atom is 0.0991 e. The van der Waals surface area contributed by atoms with E-state index < -0.39 is 0 Å². The highest BCUT2D eigenvalue weighted by atomic mass is 32.2. The van der Waals surface area contributed by atoms with Crippen molar-refractivity contribution in [2.75, 3.05) is 0 Å². The fourth-order valence-electron chi connectivity index (χ4n) is 3.01.